The van der Waals surface area contributed by atoms with Crippen LogP contribution >= 0.6 is 23.2 Å². The maximum Gasteiger partial charge on any atom is 0.238 e. The molecule has 0 fully saturated rings. The lowest BCUT2D eigenvalue weighted by Crippen LogP contribution is -2.38. The third-order valence-corrected chi connectivity index (χ3v) is 4.82. The average molecular weight is 418 g/mol. The molecule has 1 N–H and O–H groups in total. The zero-order valence-electron chi connectivity index (χ0n) is 15.1. The van der Waals surface area contributed by atoms with E-state index in [1.165, 1.54) is 0 Å². The third-order valence-electron chi connectivity index (χ3n) is 4.37. The van der Waals surface area contributed by atoms with Gasteiger partial charge in [0, 0.05) is 11.2 Å². The molecule has 1 aromatic carbocycles. The minimum Gasteiger partial charge on any atom is -0.479 e. The molecule has 9 heteroatoms. The van der Waals surface area contributed by atoms with Crippen molar-refractivity contribution in [2.24, 2.45) is 4.99 Å². The lowest BCUT2D eigenvalue weighted by Gasteiger charge is -2.28. The monoisotopic (exact) mass is 417 g/mol. The highest BCUT2D eigenvalue weighted by atomic mass is 35.5. The Bertz CT molecular complexity index is 1020. The summed E-state index contributed by atoms with van der Waals surface area (Å²) in [7, 11) is 1.55. The van der Waals surface area contributed by atoms with Crippen LogP contribution in [0.1, 0.15) is 24.2 Å². The number of hydrogen-bond donors (Lipinski definition) is 1. The smallest absolute Gasteiger partial charge is 0.238 e. The van der Waals surface area contributed by atoms with E-state index in [4.69, 9.17) is 37.8 Å². The molecule has 3 aromatic rings. The summed E-state index contributed by atoms with van der Waals surface area (Å²) < 4.78 is 7.18. The second-order valence-corrected chi connectivity index (χ2v) is 7.05. The van der Waals surface area contributed by atoms with Crippen LogP contribution < -0.4 is 10.2 Å². The van der Waals surface area contributed by atoms with Crippen LogP contribution in [0.3, 0.4) is 0 Å². The number of benzene rings is 1. The highest BCUT2D eigenvalue weighted by Gasteiger charge is 2.26. The van der Waals surface area contributed by atoms with Crippen LogP contribution in [0.25, 0.3) is 5.69 Å². The van der Waals surface area contributed by atoms with Crippen molar-refractivity contribution in [3.8, 4) is 11.6 Å². The number of hydroxylamine groups is 1. The Kier molecular flexibility index (Phi) is 5.21. The number of hydrogen-bond acceptors (Lipinski definition) is 6. The van der Waals surface area contributed by atoms with Gasteiger partial charge in [0.05, 0.1) is 7.11 Å². The zero-order chi connectivity index (χ0) is 19.7. The average Bonchev–Trinajstić information content (AvgIpc) is 3.15. The van der Waals surface area contributed by atoms with E-state index in [1.807, 2.05) is 43.3 Å². The molecule has 0 bridgehead atoms. The summed E-state index contributed by atoms with van der Waals surface area (Å²) in [5.41, 5.74) is 5.19. The summed E-state index contributed by atoms with van der Waals surface area (Å²) in [6.45, 7) is 1.95. The first-order chi connectivity index (χ1) is 13.5. The van der Waals surface area contributed by atoms with Crippen molar-refractivity contribution in [2.45, 2.75) is 19.1 Å². The molecule has 0 aliphatic carbocycles. The van der Waals surface area contributed by atoms with Gasteiger partial charge in [-0.2, -0.15) is 0 Å². The van der Waals surface area contributed by atoms with Crippen LogP contribution in [-0.2, 0) is 4.84 Å². The molecule has 1 aliphatic rings. The van der Waals surface area contributed by atoms with Gasteiger partial charge in [-0.1, -0.05) is 35.3 Å². The van der Waals surface area contributed by atoms with Crippen molar-refractivity contribution in [1.29, 1.82) is 0 Å². The number of methoxy groups -OCH3 is 1. The Morgan fingerprint density at radius 3 is 2.61 bits per heavy atom. The maximum atomic E-state index is 5.99. The largest absolute Gasteiger partial charge is 0.479 e. The number of aliphatic imine (C=N–C) groups is 1. The molecule has 0 saturated heterocycles. The van der Waals surface area contributed by atoms with Gasteiger partial charge in [-0.05, 0) is 36.8 Å². The maximum absolute atomic E-state index is 5.99. The van der Waals surface area contributed by atoms with Crippen molar-refractivity contribution in [1.82, 2.24) is 20.0 Å². The predicted octanol–water partition coefficient (Wildman–Crippen LogP) is 3.99. The normalized spacial score (nSPS) is 19.1. The molecule has 1 aliphatic heterocycles. The number of aromatic nitrogens is 3. The van der Waals surface area contributed by atoms with Crippen molar-refractivity contribution < 1.29 is 9.57 Å². The second-order valence-electron chi connectivity index (χ2n) is 6.23. The van der Waals surface area contributed by atoms with E-state index >= 15 is 0 Å². The first-order valence-corrected chi connectivity index (χ1v) is 9.31. The van der Waals surface area contributed by atoms with E-state index in [-0.39, 0.29) is 12.1 Å². The van der Waals surface area contributed by atoms with E-state index < -0.39 is 0 Å². The van der Waals surface area contributed by atoms with Crippen molar-refractivity contribution in [3.05, 3.63) is 70.4 Å². The Balaban J connectivity index is 1.69. The highest BCUT2D eigenvalue weighted by Crippen LogP contribution is 2.28. The summed E-state index contributed by atoms with van der Waals surface area (Å²) in [4.78, 5) is 19.1. The minimum absolute atomic E-state index is 0.154. The summed E-state index contributed by atoms with van der Waals surface area (Å²) in [5, 5.41) is 1.06. The number of pyridine rings is 1. The fourth-order valence-electron chi connectivity index (χ4n) is 2.95. The van der Waals surface area contributed by atoms with Gasteiger partial charge in [0.25, 0.3) is 0 Å². The lowest BCUT2D eigenvalue weighted by atomic mass is 10.0. The van der Waals surface area contributed by atoms with E-state index in [2.05, 4.69) is 15.4 Å². The minimum atomic E-state index is -0.187. The van der Waals surface area contributed by atoms with Crippen LogP contribution in [0.15, 0.2) is 53.9 Å². The fourth-order valence-corrected chi connectivity index (χ4v) is 3.22. The van der Waals surface area contributed by atoms with Crippen LogP contribution in [0.4, 0.5) is 0 Å². The summed E-state index contributed by atoms with van der Waals surface area (Å²) >= 11 is 11.9. The van der Waals surface area contributed by atoms with Gasteiger partial charge in [-0.15, -0.1) is 0 Å². The van der Waals surface area contributed by atoms with E-state index in [0.29, 0.717) is 33.3 Å². The van der Waals surface area contributed by atoms with Gasteiger partial charge in [-0.25, -0.2) is 15.4 Å². The van der Waals surface area contributed by atoms with Crippen LogP contribution in [-0.4, -0.2) is 33.6 Å². The van der Waals surface area contributed by atoms with Crippen molar-refractivity contribution in [3.63, 3.8) is 0 Å². The first-order valence-electron chi connectivity index (χ1n) is 8.55. The quantitative estimate of drug-likeness (QED) is 0.694. The second kappa shape index (κ2) is 7.79. The molecule has 3 heterocycles. The summed E-state index contributed by atoms with van der Waals surface area (Å²) in [6.07, 6.45) is 3.12. The molecule has 7 nitrogen and oxygen atoms in total. The van der Waals surface area contributed by atoms with Gasteiger partial charge >= 0.3 is 0 Å². The number of ether oxygens (including phenoxy) is 1. The van der Waals surface area contributed by atoms with Gasteiger partial charge in [0.2, 0.25) is 5.88 Å². The number of halogens is 2. The number of imidazole rings is 1. The molecule has 0 saturated carbocycles. The van der Waals surface area contributed by atoms with Gasteiger partial charge in [0.15, 0.2) is 5.84 Å². The molecular formula is C19H17Cl2N5O2. The van der Waals surface area contributed by atoms with Gasteiger partial charge < -0.3 is 4.74 Å². The lowest BCUT2D eigenvalue weighted by molar-refractivity contribution is -0.00478. The summed E-state index contributed by atoms with van der Waals surface area (Å²) in [5.74, 6) is 0.935. The van der Waals surface area contributed by atoms with Gasteiger partial charge in [-0.3, -0.25) is 14.4 Å². The molecule has 2 aromatic heterocycles. The summed E-state index contributed by atoms with van der Waals surface area (Å²) in [6, 6.07) is 11.1. The van der Waals surface area contributed by atoms with E-state index in [0.717, 1.165) is 5.56 Å². The standard InChI is InChI=1S/C19H17Cl2N5O2/c1-11-17(12-3-5-13(20)6-4-12)24-18(25-28-11)14-7-8-15(19(23-14)27-2)26-9-16(21)22-10-26/h3-11,17H,1-2H3,(H,24,25)/t11-,17-/m0/s1. The van der Waals surface area contributed by atoms with E-state index in [9.17, 15) is 0 Å². The van der Waals surface area contributed by atoms with Crippen LogP contribution in [0, 0.1) is 0 Å². The number of rotatable bonds is 4. The number of amidine groups is 1. The van der Waals surface area contributed by atoms with Crippen LogP contribution in [0.2, 0.25) is 10.2 Å². The molecule has 144 valence electrons. The van der Waals surface area contributed by atoms with Gasteiger partial charge in [0.1, 0.15) is 35.0 Å². The Labute approximate surface area is 171 Å². The first kappa shape index (κ1) is 18.7. The molecule has 0 spiro atoms. The topological polar surface area (TPSA) is 73.6 Å². The molecular weight excluding hydrogens is 401 g/mol. The molecule has 4 rings (SSSR count). The molecule has 2 atom stereocenters. The molecule has 0 amide bonds. The van der Waals surface area contributed by atoms with Crippen LogP contribution in [0.5, 0.6) is 5.88 Å². The number of nitrogens with zero attached hydrogens (tertiary/aromatic N) is 4. The Morgan fingerprint density at radius 2 is 1.93 bits per heavy atom. The SMILES string of the molecule is COc1nc(C2=N[C@H](c3ccc(Cl)cc3)[C@H](C)ON2)ccc1-n1cnc(Cl)c1. The molecule has 28 heavy (non-hydrogen) atoms. The third kappa shape index (κ3) is 3.69. The molecule has 0 unspecified atom stereocenters. The fraction of sp³-hybridized carbons (Fsp3) is 0.211. The van der Waals surface area contributed by atoms with E-state index in [1.54, 1.807) is 24.2 Å². The number of nitrogens with one attached hydrogen (secondary N) is 1. The van der Waals surface area contributed by atoms with Crippen molar-refractivity contribution >= 4 is 29.0 Å². The predicted molar refractivity (Wildman–Crippen MR) is 107 cm³/mol. The molecule has 0 radical (unpaired) electrons. The Hall–Kier alpha value is -2.61. The highest BCUT2D eigenvalue weighted by molar-refractivity contribution is 6.30. The zero-order valence-corrected chi connectivity index (χ0v) is 16.6. The van der Waals surface area contributed by atoms with Crippen molar-refractivity contribution in [2.75, 3.05) is 7.11 Å². The Morgan fingerprint density at radius 1 is 1.14 bits per heavy atom.